The minimum atomic E-state index is -4.01. The molecule has 3 aromatic rings. The molecule has 1 N–H and O–H groups in total. The standard InChI is InChI=1S/C24H21FN2O7S/c1-14-21-19(26-27-35(30,31)18-12-8-16(25)9-13-18)4-3-5-20(21)34-22(14)24(29)33-17-10-6-15(7-11-17)23(28)32-2/h6-13,27H,3-5H2,1-2H3/b26-19+. The zero-order valence-electron chi connectivity index (χ0n) is 18.8. The van der Waals surface area contributed by atoms with Crippen LogP contribution in [-0.4, -0.2) is 33.2 Å². The number of rotatable bonds is 6. The molecule has 0 spiro atoms. The van der Waals surface area contributed by atoms with Gasteiger partial charge in [-0.25, -0.2) is 14.0 Å². The number of hydrogen-bond donors (Lipinski definition) is 1. The van der Waals surface area contributed by atoms with Crippen LogP contribution >= 0.6 is 0 Å². The Bertz CT molecular complexity index is 1410. The summed E-state index contributed by atoms with van der Waals surface area (Å²) in [5.74, 6) is -1.13. The topological polar surface area (TPSA) is 124 Å². The fourth-order valence-corrected chi connectivity index (χ4v) is 4.52. The van der Waals surface area contributed by atoms with Crippen LogP contribution in [0.3, 0.4) is 0 Å². The number of methoxy groups -OCH3 is 1. The second kappa shape index (κ2) is 9.71. The highest BCUT2D eigenvalue weighted by Crippen LogP contribution is 2.31. The molecule has 9 nitrogen and oxygen atoms in total. The van der Waals surface area contributed by atoms with Crippen LogP contribution in [-0.2, 0) is 21.2 Å². The number of nitrogens with zero attached hydrogens (tertiary/aromatic N) is 1. The van der Waals surface area contributed by atoms with Crippen LogP contribution in [0.25, 0.3) is 0 Å². The Hall–Kier alpha value is -3.99. The molecule has 4 rings (SSSR count). The van der Waals surface area contributed by atoms with Gasteiger partial charge >= 0.3 is 11.9 Å². The van der Waals surface area contributed by atoms with Crippen molar-refractivity contribution in [3.63, 3.8) is 0 Å². The lowest BCUT2D eigenvalue weighted by atomic mass is 9.93. The van der Waals surface area contributed by atoms with E-state index in [1.807, 2.05) is 0 Å². The number of esters is 2. The Morgan fingerprint density at radius 2 is 1.71 bits per heavy atom. The van der Waals surface area contributed by atoms with Crippen molar-refractivity contribution in [2.75, 3.05) is 7.11 Å². The molecular weight excluding hydrogens is 479 g/mol. The summed E-state index contributed by atoms with van der Waals surface area (Å²) in [5, 5.41) is 4.08. The van der Waals surface area contributed by atoms with Gasteiger partial charge in [0.15, 0.2) is 0 Å². The first-order valence-electron chi connectivity index (χ1n) is 10.6. The number of halogens is 1. The first-order valence-corrected chi connectivity index (χ1v) is 12.0. The van der Waals surface area contributed by atoms with E-state index in [1.54, 1.807) is 6.92 Å². The third kappa shape index (κ3) is 5.09. The normalized spacial score (nSPS) is 14.3. The molecule has 0 fully saturated rings. The molecule has 1 aliphatic carbocycles. The molecule has 1 heterocycles. The smallest absolute Gasteiger partial charge is 0.379 e. The molecule has 2 aromatic carbocycles. The van der Waals surface area contributed by atoms with E-state index in [4.69, 9.17) is 9.15 Å². The Morgan fingerprint density at radius 1 is 1.03 bits per heavy atom. The van der Waals surface area contributed by atoms with Crippen LogP contribution < -0.4 is 9.57 Å². The lowest BCUT2D eigenvalue weighted by Crippen LogP contribution is -2.22. The molecular formula is C24H21FN2O7S. The predicted octanol–water partition coefficient (Wildman–Crippen LogP) is 3.75. The fourth-order valence-electron chi connectivity index (χ4n) is 3.69. The van der Waals surface area contributed by atoms with Crippen molar-refractivity contribution >= 4 is 27.7 Å². The van der Waals surface area contributed by atoms with Gasteiger partial charge in [0, 0.05) is 17.5 Å². The molecule has 0 aliphatic heterocycles. The van der Waals surface area contributed by atoms with Gasteiger partial charge in [-0.05, 0) is 68.3 Å². The number of carbonyl (C=O) groups is 2. The molecule has 1 aromatic heterocycles. The molecule has 11 heteroatoms. The minimum Gasteiger partial charge on any atom is -0.465 e. The Labute approximate surface area is 200 Å². The number of hydrazone groups is 1. The number of benzene rings is 2. The number of sulfonamides is 1. The highest BCUT2D eigenvalue weighted by atomic mass is 32.2. The molecule has 0 unspecified atom stereocenters. The maximum absolute atomic E-state index is 13.1. The highest BCUT2D eigenvalue weighted by Gasteiger charge is 2.29. The lowest BCUT2D eigenvalue weighted by molar-refractivity contribution is 0.0600. The average molecular weight is 501 g/mol. The molecule has 1 aliphatic rings. The van der Waals surface area contributed by atoms with Gasteiger partial charge in [0.25, 0.3) is 10.0 Å². The second-order valence-corrected chi connectivity index (χ2v) is 9.38. The van der Waals surface area contributed by atoms with Crippen molar-refractivity contribution in [3.05, 3.63) is 82.6 Å². The number of aryl methyl sites for hydroxylation is 1. The monoisotopic (exact) mass is 500 g/mol. The molecule has 35 heavy (non-hydrogen) atoms. The Morgan fingerprint density at radius 3 is 2.37 bits per heavy atom. The number of nitrogens with one attached hydrogen (secondary N) is 1. The molecule has 182 valence electrons. The van der Waals surface area contributed by atoms with E-state index in [0.717, 1.165) is 24.3 Å². The number of hydrogen-bond acceptors (Lipinski definition) is 8. The third-order valence-electron chi connectivity index (χ3n) is 5.42. The van der Waals surface area contributed by atoms with Crippen LogP contribution in [0, 0.1) is 12.7 Å². The SMILES string of the molecule is COC(=O)c1ccc(OC(=O)c2oc3c(c2C)/C(=N/NS(=O)(=O)c2ccc(F)cc2)CCC3)cc1. The van der Waals surface area contributed by atoms with Crippen LogP contribution in [0.1, 0.15) is 50.6 Å². The van der Waals surface area contributed by atoms with Crippen molar-refractivity contribution in [3.8, 4) is 5.75 Å². The largest absolute Gasteiger partial charge is 0.465 e. The summed E-state index contributed by atoms with van der Waals surface area (Å²) >= 11 is 0. The Balaban J connectivity index is 1.55. The summed E-state index contributed by atoms with van der Waals surface area (Å²) in [6, 6.07) is 10.2. The van der Waals surface area contributed by atoms with E-state index in [9.17, 15) is 22.4 Å². The van der Waals surface area contributed by atoms with Crippen molar-refractivity contribution in [2.24, 2.45) is 5.10 Å². The number of furan rings is 1. The van der Waals surface area contributed by atoms with E-state index < -0.39 is 27.8 Å². The van der Waals surface area contributed by atoms with Crippen molar-refractivity contribution in [1.82, 2.24) is 4.83 Å². The second-order valence-electron chi connectivity index (χ2n) is 7.72. The molecule has 0 saturated heterocycles. The van der Waals surface area contributed by atoms with Gasteiger partial charge in [0.05, 0.1) is 23.3 Å². The maximum Gasteiger partial charge on any atom is 0.379 e. The van der Waals surface area contributed by atoms with Crippen LogP contribution in [0.2, 0.25) is 0 Å². The summed E-state index contributed by atoms with van der Waals surface area (Å²) in [7, 11) is -2.75. The maximum atomic E-state index is 13.1. The van der Waals surface area contributed by atoms with E-state index >= 15 is 0 Å². The van der Waals surface area contributed by atoms with Gasteiger partial charge in [-0.1, -0.05) is 0 Å². The number of carbonyl (C=O) groups excluding carboxylic acids is 2. The van der Waals surface area contributed by atoms with Gasteiger partial charge in [-0.2, -0.15) is 18.4 Å². The van der Waals surface area contributed by atoms with E-state index in [1.165, 1.54) is 31.4 Å². The van der Waals surface area contributed by atoms with E-state index in [2.05, 4.69) is 14.7 Å². The van der Waals surface area contributed by atoms with Crippen molar-refractivity contribution in [1.29, 1.82) is 0 Å². The predicted molar refractivity (Wildman–Crippen MR) is 122 cm³/mol. The lowest BCUT2D eigenvalue weighted by Gasteiger charge is -2.14. The third-order valence-corrected chi connectivity index (χ3v) is 6.65. The summed E-state index contributed by atoms with van der Waals surface area (Å²) in [4.78, 5) is 26.4. The summed E-state index contributed by atoms with van der Waals surface area (Å²) in [5.41, 5.74) is 1.74. The van der Waals surface area contributed by atoms with Crippen LogP contribution in [0.15, 0.2) is 62.9 Å². The molecule has 0 saturated carbocycles. The van der Waals surface area contributed by atoms with E-state index in [0.29, 0.717) is 47.4 Å². The molecule has 0 amide bonds. The zero-order valence-corrected chi connectivity index (χ0v) is 19.6. The summed E-state index contributed by atoms with van der Waals surface area (Å²) in [6.45, 7) is 1.66. The highest BCUT2D eigenvalue weighted by molar-refractivity contribution is 7.89. The van der Waals surface area contributed by atoms with Crippen LogP contribution in [0.4, 0.5) is 4.39 Å². The number of ether oxygens (including phenoxy) is 2. The minimum absolute atomic E-state index is 0.0250. The summed E-state index contributed by atoms with van der Waals surface area (Å²) in [6.07, 6.45) is 1.64. The zero-order chi connectivity index (χ0) is 25.2. The summed E-state index contributed by atoms with van der Waals surface area (Å²) < 4.78 is 53.9. The first-order chi connectivity index (χ1) is 16.7. The Kier molecular flexibility index (Phi) is 6.70. The first kappa shape index (κ1) is 24.1. The number of fused-ring (bicyclic) bond motifs is 1. The van der Waals surface area contributed by atoms with Gasteiger partial charge < -0.3 is 13.9 Å². The quantitative estimate of drug-likeness (QED) is 0.310. The molecule has 0 radical (unpaired) electrons. The van der Waals surface area contributed by atoms with Gasteiger partial charge in [0.2, 0.25) is 5.76 Å². The van der Waals surface area contributed by atoms with Gasteiger partial charge in [0.1, 0.15) is 17.3 Å². The van der Waals surface area contributed by atoms with E-state index in [-0.39, 0.29) is 16.4 Å². The molecule has 0 bridgehead atoms. The van der Waals surface area contributed by atoms with Crippen molar-refractivity contribution < 1.29 is 36.3 Å². The fraction of sp³-hybridized carbons (Fsp3) is 0.208. The van der Waals surface area contributed by atoms with Gasteiger partial charge in [-0.15, -0.1) is 0 Å². The van der Waals surface area contributed by atoms with Crippen molar-refractivity contribution in [2.45, 2.75) is 31.1 Å². The molecule has 0 atom stereocenters. The van der Waals surface area contributed by atoms with Crippen LogP contribution in [0.5, 0.6) is 5.75 Å². The van der Waals surface area contributed by atoms with Gasteiger partial charge in [-0.3, -0.25) is 0 Å². The average Bonchev–Trinajstić information content (AvgIpc) is 3.20.